The third-order valence-electron chi connectivity index (χ3n) is 7.25. The fourth-order valence-electron chi connectivity index (χ4n) is 6.16. The molecule has 0 aromatic rings. The molecule has 5 saturated carbocycles. The molecule has 6 aliphatic rings. The van der Waals surface area contributed by atoms with Crippen LogP contribution in [0.2, 0.25) is 0 Å². The van der Waals surface area contributed by atoms with E-state index in [9.17, 15) is 4.79 Å². The van der Waals surface area contributed by atoms with Crippen LogP contribution in [0, 0.1) is 29.6 Å². The molecule has 134 valence electrons. The molecule has 5 aliphatic carbocycles. The van der Waals surface area contributed by atoms with Crippen LogP contribution in [0.5, 0.6) is 0 Å². The zero-order chi connectivity index (χ0) is 16.4. The van der Waals surface area contributed by atoms with Gasteiger partial charge in [0.2, 0.25) is 11.6 Å². The molecular formula is C18H26O6. The Kier molecular flexibility index (Phi) is 3.50. The molecule has 1 saturated heterocycles. The van der Waals surface area contributed by atoms with Crippen molar-refractivity contribution in [3.05, 3.63) is 0 Å². The van der Waals surface area contributed by atoms with Crippen LogP contribution in [0.4, 0.5) is 0 Å². The molecule has 4 bridgehead atoms. The smallest absolute Gasteiger partial charge is 0.303 e. The van der Waals surface area contributed by atoms with E-state index in [4.69, 9.17) is 24.7 Å². The Morgan fingerprint density at radius 1 is 0.875 bits per heavy atom. The molecule has 1 aliphatic heterocycles. The lowest BCUT2D eigenvalue weighted by atomic mass is 9.53. The Hall–Kier alpha value is -0.690. The molecular weight excluding hydrogens is 312 g/mol. The molecule has 0 unspecified atom stereocenters. The number of carbonyl (C=O) groups is 1. The monoisotopic (exact) mass is 338 g/mol. The summed E-state index contributed by atoms with van der Waals surface area (Å²) in [5, 5.41) is 8.94. The maximum atomic E-state index is 10.9. The molecule has 1 heterocycles. The molecule has 0 aromatic heterocycles. The van der Waals surface area contributed by atoms with Gasteiger partial charge in [-0.2, -0.15) is 19.6 Å². The predicted octanol–water partition coefficient (Wildman–Crippen LogP) is 3.41. The standard InChI is InChI=1S/C18H26O6/c19-16(20)10-11-1-3-17(4-2-11)21-23-18(24-22-17)14-6-12-5-13(8-14)9-15(18)7-12/h11-15H,1-10H2,(H,19,20)/t11?,12-,13+,14-,15+,17?,18?. The van der Waals surface area contributed by atoms with Gasteiger partial charge < -0.3 is 5.11 Å². The van der Waals surface area contributed by atoms with Crippen LogP contribution in [-0.4, -0.2) is 22.7 Å². The molecule has 0 aromatic carbocycles. The van der Waals surface area contributed by atoms with Crippen molar-refractivity contribution in [3.8, 4) is 0 Å². The largest absolute Gasteiger partial charge is 0.481 e. The van der Waals surface area contributed by atoms with Gasteiger partial charge in [0.25, 0.3) is 0 Å². The van der Waals surface area contributed by atoms with E-state index in [-0.39, 0.29) is 12.3 Å². The molecule has 6 heteroatoms. The Bertz CT molecular complexity index is 484. The lowest BCUT2D eigenvalue weighted by molar-refractivity contribution is -0.680. The van der Waals surface area contributed by atoms with Gasteiger partial charge in [-0.15, -0.1) is 0 Å². The van der Waals surface area contributed by atoms with Gasteiger partial charge in [-0.25, -0.2) is 0 Å². The van der Waals surface area contributed by atoms with E-state index in [0.29, 0.717) is 24.7 Å². The minimum absolute atomic E-state index is 0.192. The van der Waals surface area contributed by atoms with E-state index in [2.05, 4.69) is 0 Å². The van der Waals surface area contributed by atoms with Crippen LogP contribution < -0.4 is 0 Å². The van der Waals surface area contributed by atoms with Gasteiger partial charge >= 0.3 is 5.97 Å². The molecule has 0 radical (unpaired) electrons. The van der Waals surface area contributed by atoms with E-state index in [0.717, 1.165) is 50.4 Å². The topological polar surface area (TPSA) is 74.2 Å². The summed E-state index contributed by atoms with van der Waals surface area (Å²) in [5.41, 5.74) is 0. The van der Waals surface area contributed by atoms with Crippen molar-refractivity contribution in [1.29, 1.82) is 0 Å². The Morgan fingerprint density at radius 3 is 1.92 bits per heavy atom. The number of rotatable bonds is 2. The van der Waals surface area contributed by atoms with Crippen molar-refractivity contribution in [2.75, 3.05) is 0 Å². The van der Waals surface area contributed by atoms with Crippen molar-refractivity contribution >= 4 is 5.97 Å². The second-order valence-electron chi connectivity index (χ2n) is 8.81. The molecule has 6 rings (SSSR count). The Morgan fingerprint density at radius 2 is 1.42 bits per heavy atom. The minimum atomic E-state index is -0.838. The average Bonchev–Trinajstić information content (AvgIpc) is 2.56. The maximum Gasteiger partial charge on any atom is 0.303 e. The number of hydrogen-bond donors (Lipinski definition) is 1. The number of hydrogen-bond acceptors (Lipinski definition) is 5. The highest BCUT2D eigenvalue weighted by atomic mass is 17.4. The molecule has 24 heavy (non-hydrogen) atoms. The van der Waals surface area contributed by atoms with Crippen molar-refractivity contribution in [2.24, 2.45) is 29.6 Å². The lowest BCUT2D eigenvalue weighted by Crippen LogP contribution is -2.64. The van der Waals surface area contributed by atoms with Crippen LogP contribution in [0.25, 0.3) is 0 Å². The summed E-state index contributed by atoms with van der Waals surface area (Å²) in [4.78, 5) is 34.5. The number of aliphatic carboxylic acids is 1. The van der Waals surface area contributed by atoms with Crippen molar-refractivity contribution < 1.29 is 29.5 Å². The van der Waals surface area contributed by atoms with Crippen molar-refractivity contribution in [3.63, 3.8) is 0 Å². The number of carboxylic acids is 1. The van der Waals surface area contributed by atoms with E-state index in [1.54, 1.807) is 0 Å². The highest BCUT2D eigenvalue weighted by molar-refractivity contribution is 5.67. The van der Waals surface area contributed by atoms with E-state index in [1.807, 2.05) is 0 Å². The second-order valence-corrected chi connectivity index (χ2v) is 8.81. The first-order valence-electron chi connectivity index (χ1n) is 9.52. The van der Waals surface area contributed by atoms with E-state index in [1.165, 1.54) is 6.42 Å². The SMILES string of the molecule is O=C(O)CC1CCC2(CC1)OOC1(OO2)[C@H]2C[C@@H]3C[C@@H](C[C@H]1C3)C2. The maximum absolute atomic E-state index is 10.9. The first-order chi connectivity index (χ1) is 11.6. The van der Waals surface area contributed by atoms with Gasteiger partial charge in [0.1, 0.15) is 0 Å². The first-order valence-corrected chi connectivity index (χ1v) is 9.52. The van der Waals surface area contributed by atoms with Gasteiger partial charge in [0, 0.05) is 31.1 Å². The zero-order valence-corrected chi connectivity index (χ0v) is 13.9. The lowest BCUT2D eigenvalue weighted by Gasteiger charge is -2.60. The fourth-order valence-corrected chi connectivity index (χ4v) is 6.16. The predicted molar refractivity (Wildman–Crippen MR) is 81.1 cm³/mol. The van der Waals surface area contributed by atoms with E-state index < -0.39 is 17.5 Å². The third-order valence-corrected chi connectivity index (χ3v) is 7.25. The Balaban J connectivity index is 1.24. The summed E-state index contributed by atoms with van der Waals surface area (Å²) >= 11 is 0. The van der Waals surface area contributed by atoms with Gasteiger partial charge in [0.15, 0.2) is 0 Å². The van der Waals surface area contributed by atoms with Crippen LogP contribution in [0.1, 0.15) is 64.2 Å². The minimum Gasteiger partial charge on any atom is -0.481 e. The van der Waals surface area contributed by atoms with Gasteiger partial charge in [-0.3, -0.25) is 4.79 Å². The molecule has 0 amide bonds. The van der Waals surface area contributed by atoms with Crippen LogP contribution in [-0.2, 0) is 24.3 Å². The number of carboxylic acid groups (broad SMARTS) is 1. The summed E-state index contributed by atoms with van der Waals surface area (Å²) in [6, 6.07) is 0. The summed E-state index contributed by atoms with van der Waals surface area (Å²) in [6.45, 7) is 0. The first kappa shape index (κ1) is 15.6. The van der Waals surface area contributed by atoms with Crippen LogP contribution in [0.3, 0.4) is 0 Å². The quantitative estimate of drug-likeness (QED) is 0.778. The Labute approximate surface area is 141 Å². The highest BCUT2D eigenvalue weighted by Crippen LogP contribution is 2.61. The van der Waals surface area contributed by atoms with Gasteiger partial charge in [-0.1, -0.05) is 0 Å². The summed E-state index contributed by atoms with van der Waals surface area (Å²) in [5.74, 6) is 0.342. The molecule has 6 nitrogen and oxygen atoms in total. The average molecular weight is 338 g/mol. The fraction of sp³-hybridized carbons (Fsp3) is 0.944. The highest BCUT2D eigenvalue weighted by Gasteiger charge is 2.64. The zero-order valence-electron chi connectivity index (χ0n) is 13.9. The van der Waals surface area contributed by atoms with Crippen LogP contribution in [0.15, 0.2) is 0 Å². The van der Waals surface area contributed by atoms with Crippen molar-refractivity contribution in [1.82, 2.24) is 0 Å². The van der Waals surface area contributed by atoms with Crippen molar-refractivity contribution in [2.45, 2.75) is 75.8 Å². The van der Waals surface area contributed by atoms with E-state index >= 15 is 0 Å². The summed E-state index contributed by atoms with van der Waals surface area (Å²) in [6.07, 6.45) is 9.02. The second kappa shape index (κ2) is 5.40. The van der Waals surface area contributed by atoms with Gasteiger partial charge in [0.05, 0.1) is 0 Å². The molecule has 6 fully saturated rings. The summed E-state index contributed by atoms with van der Waals surface area (Å²) < 4.78 is 0. The molecule has 1 N–H and O–H groups in total. The van der Waals surface area contributed by atoms with Crippen LogP contribution >= 0.6 is 0 Å². The molecule has 2 spiro atoms. The summed E-state index contributed by atoms with van der Waals surface area (Å²) in [7, 11) is 0. The van der Waals surface area contributed by atoms with Gasteiger partial charge in [-0.05, 0) is 62.7 Å². The third kappa shape index (κ3) is 2.34. The normalized spacial score (nSPS) is 52.9. The molecule has 0 atom stereocenters.